The second-order valence-corrected chi connectivity index (χ2v) is 4.45. The van der Waals surface area contributed by atoms with Crippen LogP contribution in [0.3, 0.4) is 0 Å². The van der Waals surface area contributed by atoms with Crippen molar-refractivity contribution in [2.45, 2.75) is 19.9 Å². The van der Waals surface area contributed by atoms with E-state index in [1.165, 1.54) is 4.90 Å². The van der Waals surface area contributed by atoms with Crippen LogP contribution < -0.4 is 0 Å². The molecule has 1 aliphatic heterocycles. The Bertz CT molecular complexity index is 372. The molecule has 0 aliphatic carbocycles. The first-order chi connectivity index (χ1) is 7.09. The van der Waals surface area contributed by atoms with Crippen LogP contribution in [0.25, 0.3) is 0 Å². The van der Waals surface area contributed by atoms with Gasteiger partial charge in [0.25, 0.3) is 0 Å². The first-order valence-corrected chi connectivity index (χ1v) is 5.06. The van der Waals surface area contributed by atoms with E-state index in [4.69, 9.17) is 5.11 Å². The highest BCUT2D eigenvalue weighted by Crippen LogP contribution is 2.48. The van der Waals surface area contributed by atoms with Gasteiger partial charge < -0.3 is 10.0 Å². The molecule has 1 saturated heterocycles. The molecule has 15 heavy (non-hydrogen) atoms. The zero-order chi connectivity index (χ0) is 11.1. The van der Waals surface area contributed by atoms with Crippen LogP contribution >= 0.6 is 0 Å². The maximum Gasteiger partial charge on any atom is 0.233 e. The summed E-state index contributed by atoms with van der Waals surface area (Å²) in [4.78, 5) is 13.2. The Labute approximate surface area is 89.3 Å². The SMILES string of the molecule is CC1(C)C(=O)N(CO)C1c1ccccc1. The van der Waals surface area contributed by atoms with Gasteiger partial charge in [-0.25, -0.2) is 0 Å². The van der Waals surface area contributed by atoms with Gasteiger partial charge in [0, 0.05) is 0 Å². The van der Waals surface area contributed by atoms with Crippen molar-refractivity contribution in [3.05, 3.63) is 35.9 Å². The van der Waals surface area contributed by atoms with Gasteiger partial charge in [-0.3, -0.25) is 4.79 Å². The van der Waals surface area contributed by atoms with Gasteiger partial charge in [-0.15, -0.1) is 0 Å². The molecule has 1 amide bonds. The molecule has 1 fully saturated rings. The fourth-order valence-electron chi connectivity index (χ4n) is 2.31. The number of likely N-dealkylation sites (tertiary alicyclic amines) is 1. The second-order valence-electron chi connectivity index (χ2n) is 4.45. The average molecular weight is 205 g/mol. The molecular weight excluding hydrogens is 190 g/mol. The molecule has 1 N–H and O–H groups in total. The number of carbonyl (C=O) groups excluding carboxylic acids is 1. The lowest BCUT2D eigenvalue weighted by Crippen LogP contribution is -2.60. The topological polar surface area (TPSA) is 40.5 Å². The normalized spacial score (nSPS) is 23.8. The third kappa shape index (κ3) is 1.35. The number of carbonyl (C=O) groups is 1. The van der Waals surface area contributed by atoms with E-state index >= 15 is 0 Å². The van der Waals surface area contributed by atoms with E-state index < -0.39 is 5.41 Å². The molecule has 0 saturated carbocycles. The van der Waals surface area contributed by atoms with E-state index in [0.29, 0.717) is 0 Å². The molecule has 2 rings (SSSR count). The Balaban J connectivity index is 2.33. The minimum Gasteiger partial charge on any atom is -0.376 e. The van der Waals surface area contributed by atoms with Crippen LogP contribution in [0.1, 0.15) is 25.5 Å². The number of aliphatic hydroxyl groups excluding tert-OH is 1. The van der Waals surface area contributed by atoms with Crippen LogP contribution in [0.15, 0.2) is 30.3 Å². The summed E-state index contributed by atoms with van der Waals surface area (Å²) in [5.74, 6) is 0.0128. The molecule has 0 aromatic heterocycles. The second kappa shape index (κ2) is 3.35. The van der Waals surface area contributed by atoms with Gasteiger partial charge in [0.05, 0.1) is 11.5 Å². The van der Waals surface area contributed by atoms with Gasteiger partial charge in [-0.2, -0.15) is 0 Å². The molecule has 1 heterocycles. The summed E-state index contributed by atoms with van der Waals surface area (Å²) >= 11 is 0. The zero-order valence-corrected chi connectivity index (χ0v) is 8.97. The van der Waals surface area contributed by atoms with E-state index in [0.717, 1.165) is 5.56 Å². The van der Waals surface area contributed by atoms with Gasteiger partial charge in [0.15, 0.2) is 0 Å². The van der Waals surface area contributed by atoms with Crippen molar-refractivity contribution in [3.8, 4) is 0 Å². The molecule has 1 aromatic rings. The van der Waals surface area contributed by atoms with Crippen LogP contribution in [-0.2, 0) is 4.79 Å². The Kier molecular flexibility index (Phi) is 2.27. The number of benzene rings is 1. The first-order valence-electron chi connectivity index (χ1n) is 5.06. The molecular formula is C12H15NO2. The fourth-order valence-corrected chi connectivity index (χ4v) is 2.31. The Morgan fingerprint density at radius 2 is 1.93 bits per heavy atom. The summed E-state index contributed by atoms with van der Waals surface area (Å²) in [6, 6.07) is 9.81. The van der Waals surface area contributed by atoms with Crippen molar-refractivity contribution < 1.29 is 9.90 Å². The van der Waals surface area contributed by atoms with E-state index in [-0.39, 0.29) is 18.7 Å². The summed E-state index contributed by atoms with van der Waals surface area (Å²) < 4.78 is 0. The number of hydrogen-bond acceptors (Lipinski definition) is 2. The van der Waals surface area contributed by atoms with Crippen LogP contribution in [0.4, 0.5) is 0 Å². The predicted octanol–water partition coefficient (Wildman–Crippen LogP) is 1.55. The summed E-state index contributed by atoms with van der Waals surface area (Å²) in [5, 5.41) is 9.13. The Hall–Kier alpha value is -1.35. The van der Waals surface area contributed by atoms with Crippen molar-refractivity contribution in [1.29, 1.82) is 0 Å². The summed E-state index contributed by atoms with van der Waals surface area (Å²) in [7, 11) is 0. The monoisotopic (exact) mass is 205 g/mol. The van der Waals surface area contributed by atoms with Crippen LogP contribution in [0.2, 0.25) is 0 Å². The molecule has 0 bridgehead atoms. The molecule has 1 aliphatic rings. The lowest BCUT2D eigenvalue weighted by molar-refractivity contribution is -0.177. The highest BCUT2D eigenvalue weighted by molar-refractivity contribution is 5.89. The Morgan fingerprint density at radius 1 is 1.33 bits per heavy atom. The van der Waals surface area contributed by atoms with Gasteiger partial charge in [0.2, 0.25) is 5.91 Å². The van der Waals surface area contributed by atoms with Crippen molar-refractivity contribution >= 4 is 5.91 Å². The largest absolute Gasteiger partial charge is 0.376 e. The lowest BCUT2D eigenvalue weighted by atomic mass is 9.71. The zero-order valence-electron chi connectivity index (χ0n) is 8.97. The molecule has 0 spiro atoms. The van der Waals surface area contributed by atoms with Crippen molar-refractivity contribution in [2.75, 3.05) is 6.73 Å². The van der Waals surface area contributed by atoms with Crippen molar-refractivity contribution in [2.24, 2.45) is 5.41 Å². The van der Waals surface area contributed by atoms with Gasteiger partial charge in [-0.05, 0) is 19.4 Å². The molecule has 1 unspecified atom stereocenters. The van der Waals surface area contributed by atoms with E-state index in [1.807, 2.05) is 44.2 Å². The Morgan fingerprint density at radius 3 is 2.47 bits per heavy atom. The van der Waals surface area contributed by atoms with Crippen LogP contribution in [-0.4, -0.2) is 22.6 Å². The third-order valence-corrected chi connectivity index (χ3v) is 3.08. The molecule has 3 heteroatoms. The predicted molar refractivity (Wildman–Crippen MR) is 56.9 cm³/mol. The lowest BCUT2D eigenvalue weighted by Gasteiger charge is -2.52. The molecule has 0 radical (unpaired) electrons. The van der Waals surface area contributed by atoms with Crippen LogP contribution in [0, 0.1) is 5.41 Å². The van der Waals surface area contributed by atoms with Crippen molar-refractivity contribution in [1.82, 2.24) is 4.90 Å². The maximum atomic E-state index is 11.7. The highest BCUT2D eigenvalue weighted by atomic mass is 16.3. The minimum atomic E-state index is -0.399. The number of amides is 1. The highest BCUT2D eigenvalue weighted by Gasteiger charge is 2.54. The van der Waals surface area contributed by atoms with Gasteiger partial charge >= 0.3 is 0 Å². The summed E-state index contributed by atoms with van der Waals surface area (Å²) in [6.45, 7) is 3.63. The summed E-state index contributed by atoms with van der Waals surface area (Å²) in [5.41, 5.74) is 0.681. The molecule has 80 valence electrons. The molecule has 1 atom stereocenters. The van der Waals surface area contributed by atoms with Crippen molar-refractivity contribution in [3.63, 3.8) is 0 Å². The first kappa shape index (κ1) is 10.2. The quantitative estimate of drug-likeness (QED) is 0.744. The van der Waals surface area contributed by atoms with E-state index in [2.05, 4.69) is 0 Å². The number of hydrogen-bond donors (Lipinski definition) is 1. The maximum absolute atomic E-state index is 11.7. The minimum absolute atomic E-state index is 0.00352. The van der Waals surface area contributed by atoms with E-state index in [9.17, 15) is 4.79 Å². The standard InChI is InChI=1S/C12H15NO2/c1-12(2)10(13(8-14)11(12)15)9-6-4-3-5-7-9/h3-7,10,14H,8H2,1-2H3. The number of nitrogens with zero attached hydrogens (tertiary/aromatic N) is 1. The number of β-lactam (4-membered cyclic amide) rings is 1. The molecule has 3 nitrogen and oxygen atoms in total. The fraction of sp³-hybridized carbons (Fsp3) is 0.417. The van der Waals surface area contributed by atoms with Crippen LogP contribution in [0.5, 0.6) is 0 Å². The van der Waals surface area contributed by atoms with Gasteiger partial charge in [0.1, 0.15) is 6.73 Å². The number of rotatable bonds is 2. The molecule has 1 aromatic carbocycles. The smallest absolute Gasteiger partial charge is 0.233 e. The van der Waals surface area contributed by atoms with Gasteiger partial charge in [-0.1, -0.05) is 30.3 Å². The summed E-state index contributed by atoms with van der Waals surface area (Å²) in [6.07, 6.45) is 0. The third-order valence-electron chi connectivity index (χ3n) is 3.08. The van der Waals surface area contributed by atoms with E-state index in [1.54, 1.807) is 0 Å². The average Bonchev–Trinajstić information content (AvgIpc) is 2.25. The number of aliphatic hydroxyl groups is 1.